The van der Waals surface area contributed by atoms with Crippen LogP contribution in [0.3, 0.4) is 0 Å². The summed E-state index contributed by atoms with van der Waals surface area (Å²) < 4.78 is 42.9. The fraction of sp³-hybridized carbons (Fsp3) is 0.636. The van der Waals surface area contributed by atoms with E-state index >= 15 is 0 Å². The Kier molecular flexibility index (Phi) is 5.34. The summed E-state index contributed by atoms with van der Waals surface area (Å²) in [7, 11) is 0. The predicted molar refractivity (Wildman–Crippen MR) is 64.4 cm³/mol. The number of hydrogen-bond acceptors (Lipinski definition) is 5. The predicted octanol–water partition coefficient (Wildman–Crippen LogP) is 2.60. The van der Waals surface area contributed by atoms with Gasteiger partial charge in [-0.2, -0.15) is 18.2 Å². The van der Waals surface area contributed by atoms with Crippen molar-refractivity contribution in [3.05, 3.63) is 11.9 Å². The second-order valence-corrected chi connectivity index (χ2v) is 4.26. The van der Waals surface area contributed by atoms with E-state index in [-0.39, 0.29) is 17.6 Å². The highest BCUT2D eigenvalue weighted by Crippen LogP contribution is 2.28. The van der Waals surface area contributed by atoms with Crippen molar-refractivity contribution in [1.82, 2.24) is 9.97 Å². The lowest BCUT2D eigenvalue weighted by Crippen LogP contribution is -2.17. The maximum absolute atomic E-state index is 12.6. The molecule has 0 amide bonds. The van der Waals surface area contributed by atoms with Gasteiger partial charge in [0.25, 0.3) is 0 Å². The number of nitrogens with one attached hydrogen (secondary N) is 1. The van der Waals surface area contributed by atoms with Crippen LogP contribution in [0.25, 0.3) is 0 Å². The summed E-state index contributed by atoms with van der Waals surface area (Å²) in [6, 6.07) is 1.23. The highest BCUT2D eigenvalue weighted by Gasteiger charge is 2.35. The van der Waals surface area contributed by atoms with Gasteiger partial charge in [-0.3, -0.25) is 0 Å². The van der Waals surface area contributed by atoms with Crippen LogP contribution in [0.5, 0.6) is 5.88 Å². The summed E-state index contributed by atoms with van der Waals surface area (Å²) in [5, 5.41) is 0. The molecule has 1 rings (SSSR count). The van der Waals surface area contributed by atoms with E-state index in [2.05, 4.69) is 15.4 Å². The highest BCUT2D eigenvalue weighted by molar-refractivity contribution is 5.37. The smallest absolute Gasteiger partial charge is 0.451 e. The SMILES string of the molecule is CCCC(C)COc1cc(NN)nc(C(F)(F)F)n1. The Morgan fingerprint density at radius 1 is 1.42 bits per heavy atom. The first kappa shape index (κ1) is 15.5. The Morgan fingerprint density at radius 2 is 2.11 bits per heavy atom. The molecule has 1 unspecified atom stereocenters. The number of rotatable bonds is 6. The van der Waals surface area contributed by atoms with Crippen molar-refractivity contribution in [1.29, 1.82) is 0 Å². The summed E-state index contributed by atoms with van der Waals surface area (Å²) in [5.41, 5.74) is 2.06. The zero-order chi connectivity index (χ0) is 14.5. The Bertz CT molecular complexity index is 411. The van der Waals surface area contributed by atoms with Gasteiger partial charge in [0.1, 0.15) is 5.82 Å². The topological polar surface area (TPSA) is 73.1 Å². The number of nitrogens with two attached hydrogens (primary N) is 1. The van der Waals surface area contributed by atoms with E-state index in [9.17, 15) is 13.2 Å². The van der Waals surface area contributed by atoms with Crippen molar-refractivity contribution >= 4 is 5.82 Å². The largest absolute Gasteiger partial charge is 0.477 e. The van der Waals surface area contributed by atoms with Crippen LogP contribution in [0, 0.1) is 5.92 Å². The molecule has 0 fully saturated rings. The zero-order valence-electron chi connectivity index (χ0n) is 10.8. The minimum Gasteiger partial charge on any atom is -0.477 e. The third-order valence-electron chi connectivity index (χ3n) is 2.40. The van der Waals surface area contributed by atoms with E-state index in [1.807, 2.05) is 13.8 Å². The fourth-order valence-electron chi connectivity index (χ4n) is 1.50. The van der Waals surface area contributed by atoms with Crippen molar-refractivity contribution in [2.45, 2.75) is 32.9 Å². The standard InChI is InChI=1S/C11H17F3N4O/c1-3-4-7(2)6-19-9-5-8(18-15)16-10(17-9)11(12,13)14/h5,7H,3-4,6,15H2,1-2H3,(H,16,17,18). The number of aromatic nitrogens is 2. The molecule has 0 aliphatic heterocycles. The minimum absolute atomic E-state index is 0.138. The van der Waals surface area contributed by atoms with Crippen LogP contribution in [0.1, 0.15) is 32.5 Å². The minimum atomic E-state index is -4.64. The van der Waals surface area contributed by atoms with E-state index in [1.54, 1.807) is 0 Å². The molecule has 0 bridgehead atoms. The third kappa shape index (κ3) is 4.90. The molecule has 3 N–H and O–H groups in total. The molecule has 1 aromatic rings. The fourth-order valence-corrected chi connectivity index (χ4v) is 1.50. The van der Waals surface area contributed by atoms with Crippen molar-refractivity contribution in [2.24, 2.45) is 11.8 Å². The number of anilines is 1. The van der Waals surface area contributed by atoms with Gasteiger partial charge in [0.05, 0.1) is 6.61 Å². The van der Waals surface area contributed by atoms with Crippen molar-refractivity contribution in [2.75, 3.05) is 12.0 Å². The molecule has 19 heavy (non-hydrogen) atoms. The first-order chi connectivity index (χ1) is 8.86. The normalized spacial score (nSPS) is 13.2. The van der Waals surface area contributed by atoms with E-state index < -0.39 is 12.0 Å². The van der Waals surface area contributed by atoms with Crippen molar-refractivity contribution < 1.29 is 17.9 Å². The average Bonchev–Trinajstić information content (AvgIpc) is 2.35. The van der Waals surface area contributed by atoms with Crippen LogP contribution >= 0.6 is 0 Å². The number of nitrogen functional groups attached to an aromatic ring is 1. The molecule has 108 valence electrons. The summed E-state index contributed by atoms with van der Waals surface area (Å²) in [6.45, 7) is 4.28. The molecule has 0 saturated carbocycles. The Hall–Kier alpha value is -1.57. The molecule has 0 aliphatic carbocycles. The van der Waals surface area contributed by atoms with E-state index in [0.717, 1.165) is 12.8 Å². The first-order valence-electron chi connectivity index (χ1n) is 5.92. The van der Waals surface area contributed by atoms with Gasteiger partial charge in [-0.05, 0) is 12.3 Å². The van der Waals surface area contributed by atoms with Gasteiger partial charge in [0, 0.05) is 6.07 Å². The van der Waals surface area contributed by atoms with Gasteiger partial charge in [-0.1, -0.05) is 20.3 Å². The van der Waals surface area contributed by atoms with Gasteiger partial charge in [-0.15, -0.1) is 0 Å². The molecule has 0 radical (unpaired) electrons. The zero-order valence-corrected chi connectivity index (χ0v) is 10.8. The highest BCUT2D eigenvalue weighted by atomic mass is 19.4. The Balaban J connectivity index is 2.83. The summed E-state index contributed by atoms with van der Waals surface area (Å²) in [4.78, 5) is 6.57. The van der Waals surface area contributed by atoms with E-state index in [0.29, 0.717) is 6.61 Å². The Labute approximate surface area is 109 Å². The molecule has 0 aromatic carbocycles. The lowest BCUT2D eigenvalue weighted by Gasteiger charge is -2.13. The van der Waals surface area contributed by atoms with Gasteiger partial charge in [0.15, 0.2) is 0 Å². The maximum Gasteiger partial charge on any atom is 0.451 e. The molecule has 5 nitrogen and oxygen atoms in total. The lowest BCUT2D eigenvalue weighted by atomic mass is 10.1. The maximum atomic E-state index is 12.6. The molecular weight excluding hydrogens is 261 g/mol. The summed E-state index contributed by atoms with van der Waals surface area (Å²) in [6.07, 6.45) is -2.73. The molecule has 1 atom stereocenters. The molecular formula is C11H17F3N4O. The van der Waals surface area contributed by atoms with Gasteiger partial charge >= 0.3 is 6.18 Å². The van der Waals surface area contributed by atoms with E-state index in [4.69, 9.17) is 10.6 Å². The summed E-state index contributed by atoms with van der Waals surface area (Å²) in [5.74, 6) is 3.76. The molecule has 1 aromatic heterocycles. The van der Waals surface area contributed by atoms with Crippen molar-refractivity contribution in [3.8, 4) is 5.88 Å². The first-order valence-corrected chi connectivity index (χ1v) is 5.92. The van der Waals surface area contributed by atoms with Crippen LogP contribution < -0.4 is 16.0 Å². The number of hydrazine groups is 1. The number of nitrogens with zero attached hydrogens (tertiary/aromatic N) is 2. The quantitative estimate of drug-likeness (QED) is 0.618. The number of ether oxygens (including phenoxy) is 1. The lowest BCUT2D eigenvalue weighted by molar-refractivity contribution is -0.145. The second-order valence-electron chi connectivity index (χ2n) is 4.26. The van der Waals surface area contributed by atoms with Crippen LogP contribution in [-0.4, -0.2) is 16.6 Å². The molecule has 8 heteroatoms. The van der Waals surface area contributed by atoms with Gasteiger partial charge in [-0.25, -0.2) is 10.8 Å². The van der Waals surface area contributed by atoms with Gasteiger partial charge < -0.3 is 10.2 Å². The van der Waals surface area contributed by atoms with Crippen LogP contribution in [0.2, 0.25) is 0 Å². The Morgan fingerprint density at radius 3 is 2.63 bits per heavy atom. The van der Waals surface area contributed by atoms with Gasteiger partial charge in [0.2, 0.25) is 11.7 Å². The van der Waals surface area contributed by atoms with Crippen molar-refractivity contribution in [3.63, 3.8) is 0 Å². The number of hydrogen-bond donors (Lipinski definition) is 2. The molecule has 1 heterocycles. The van der Waals surface area contributed by atoms with E-state index in [1.165, 1.54) is 6.07 Å². The average molecular weight is 278 g/mol. The summed E-state index contributed by atoms with van der Waals surface area (Å²) >= 11 is 0. The monoisotopic (exact) mass is 278 g/mol. The molecule has 0 aliphatic rings. The molecule has 0 spiro atoms. The van der Waals surface area contributed by atoms with Crippen LogP contribution in [-0.2, 0) is 6.18 Å². The second kappa shape index (κ2) is 6.55. The molecule has 0 saturated heterocycles. The van der Waals surface area contributed by atoms with Crippen LogP contribution in [0.4, 0.5) is 19.0 Å². The third-order valence-corrected chi connectivity index (χ3v) is 2.40. The number of alkyl halides is 3. The number of halogens is 3. The van der Waals surface area contributed by atoms with Crippen LogP contribution in [0.15, 0.2) is 6.07 Å².